The molecule has 0 aliphatic carbocycles. The Balaban J connectivity index is 2.40. The summed E-state index contributed by atoms with van der Waals surface area (Å²) in [5.74, 6) is -6.19. The molecule has 0 unspecified atom stereocenters. The van der Waals surface area contributed by atoms with E-state index in [9.17, 15) is 17.6 Å². The van der Waals surface area contributed by atoms with Crippen molar-refractivity contribution in [1.29, 1.82) is 5.26 Å². The fourth-order valence-corrected chi connectivity index (χ4v) is 1.34. The molecule has 2 rings (SSSR count). The van der Waals surface area contributed by atoms with Gasteiger partial charge in [0.2, 0.25) is 0 Å². The van der Waals surface area contributed by atoms with E-state index in [-0.39, 0.29) is 17.4 Å². The number of hydrogen-bond acceptors (Lipinski definition) is 3. The molecule has 0 atom stereocenters. The minimum atomic E-state index is -1.55. The molecule has 0 radical (unpaired) electrons. The van der Waals surface area contributed by atoms with E-state index >= 15 is 0 Å². The molecular weight excluding hydrogens is 262 g/mol. The van der Waals surface area contributed by atoms with Gasteiger partial charge in [0, 0.05) is 12.3 Å². The van der Waals surface area contributed by atoms with Gasteiger partial charge < -0.3 is 5.32 Å². The molecule has 0 spiro atoms. The first-order valence-electron chi connectivity index (χ1n) is 4.99. The summed E-state index contributed by atoms with van der Waals surface area (Å²) >= 11 is 0. The smallest absolute Gasteiger partial charge is 0.185 e. The van der Waals surface area contributed by atoms with Crippen molar-refractivity contribution in [2.75, 3.05) is 5.32 Å². The molecule has 0 saturated heterocycles. The topological polar surface area (TPSA) is 48.7 Å². The van der Waals surface area contributed by atoms with Gasteiger partial charge >= 0.3 is 0 Å². The lowest BCUT2D eigenvalue weighted by atomic mass is 10.2. The fraction of sp³-hybridized carbons (Fsp3) is 0. The molecule has 1 aromatic heterocycles. The highest BCUT2D eigenvalue weighted by Gasteiger charge is 2.19. The van der Waals surface area contributed by atoms with Crippen LogP contribution in [-0.4, -0.2) is 4.98 Å². The van der Waals surface area contributed by atoms with Crippen molar-refractivity contribution < 1.29 is 17.6 Å². The Morgan fingerprint density at radius 1 is 1.05 bits per heavy atom. The van der Waals surface area contributed by atoms with E-state index < -0.39 is 29.0 Å². The van der Waals surface area contributed by atoms with Gasteiger partial charge in [-0.1, -0.05) is 0 Å². The Morgan fingerprint density at radius 2 is 1.68 bits per heavy atom. The van der Waals surface area contributed by atoms with Gasteiger partial charge in [-0.2, -0.15) is 5.26 Å². The summed E-state index contributed by atoms with van der Waals surface area (Å²) in [5, 5.41) is 10.7. The fourth-order valence-electron chi connectivity index (χ4n) is 1.34. The Hall–Kier alpha value is -2.62. The summed E-state index contributed by atoms with van der Waals surface area (Å²) < 4.78 is 52.6. The summed E-state index contributed by atoms with van der Waals surface area (Å²) in [5.41, 5.74) is -0.744. The van der Waals surface area contributed by atoms with Gasteiger partial charge in [0.25, 0.3) is 0 Å². The molecule has 0 fully saturated rings. The third-order valence-electron chi connectivity index (χ3n) is 2.26. The van der Waals surface area contributed by atoms with E-state index in [1.54, 1.807) is 6.07 Å². The van der Waals surface area contributed by atoms with Crippen LogP contribution in [0.5, 0.6) is 0 Å². The lowest BCUT2D eigenvalue weighted by Gasteiger charge is -2.09. The van der Waals surface area contributed by atoms with Crippen molar-refractivity contribution >= 4 is 11.5 Å². The average molecular weight is 267 g/mol. The van der Waals surface area contributed by atoms with Crippen molar-refractivity contribution in [3.8, 4) is 6.07 Å². The first-order chi connectivity index (χ1) is 9.02. The van der Waals surface area contributed by atoms with Gasteiger partial charge in [-0.3, -0.25) is 0 Å². The second kappa shape index (κ2) is 4.94. The molecule has 19 heavy (non-hydrogen) atoms. The standard InChI is InChI=1S/C12H5F4N3/c13-7-3-8(14)11(16)12(10(7)15)19-9-2-1-6(4-17)5-18-9/h1-3,5H,(H,18,19). The van der Waals surface area contributed by atoms with Gasteiger partial charge in [-0.15, -0.1) is 0 Å². The first-order valence-corrected chi connectivity index (χ1v) is 4.99. The third kappa shape index (κ3) is 2.47. The molecule has 0 aliphatic rings. The maximum absolute atomic E-state index is 13.3. The summed E-state index contributed by atoms with van der Waals surface area (Å²) in [6, 6.07) is 4.50. The van der Waals surface area contributed by atoms with Crippen LogP contribution >= 0.6 is 0 Å². The number of nitrogens with zero attached hydrogens (tertiary/aromatic N) is 2. The van der Waals surface area contributed by atoms with Crippen LogP contribution in [-0.2, 0) is 0 Å². The molecule has 1 aromatic carbocycles. The van der Waals surface area contributed by atoms with Crippen molar-refractivity contribution in [3.05, 3.63) is 53.2 Å². The van der Waals surface area contributed by atoms with Crippen LogP contribution in [0.1, 0.15) is 5.56 Å². The quantitative estimate of drug-likeness (QED) is 0.671. The molecule has 1 heterocycles. The van der Waals surface area contributed by atoms with Crippen LogP contribution in [0.2, 0.25) is 0 Å². The third-order valence-corrected chi connectivity index (χ3v) is 2.26. The van der Waals surface area contributed by atoms with E-state index in [1.165, 1.54) is 12.1 Å². The van der Waals surface area contributed by atoms with Crippen LogP contribution in [0, 0.1) is 34.6 Å². The minimum Gasteiger partial charge on any atom is -0.335 e. The second-order valence-electron chi connectivity index (χ2n) is 3.51. The highest BCUT2D eigenvalue weighted by molar-refractivity contribution is 5.58. The molecule has 0 amide bonds. The molecule has 3 nitrogen and oxygen atoms in total. The molecular formula is C12H5F4N3. The highest BCUT2D eigenvalue weighted by Crippen LogP contribution is 2.26. The summed E-state index contributed by atoms with van der Waals surface area (Å²) in [6.07, 6.45) is 1.15. The maximum atomic E-state index is 13.3. The molecule has 0 saturated carbocycles. The predicted molar refractivity (Wildman–Crippen MR) is 58.5 cm³/mol. The Bertz CT molecular complexity index is 636. The average Bonchev–Trinajstić information content (AvgIpc) is 2.42. The number of nitrogens with one attached hydrogen (secondary N) is 1. The number of nitriles is 1. The van der Waals surface area contributed by atoms with E-state index in [0.29, 0.717) is 0 Å². The highest BCUT2D eigenvalue weighted by atomic mass is 19.2. The SMILES string of the molecule is N#Cc1ccc(Nc2c(F)c(F)cc(F)c2F)nc1. The van der Waals surface area contributed by atoms with Gasteiger partial charge in [0.05, 0.1) is 5.56 Å². The van der Waals surface area contributed by atoms with E-state index in [4.69, 9.17) is 5.26 Å². The van der Waals surface area contributed by atoms with Crippen LogP contribution in [0.3, 0.4) is 0 Å². The lowest BCUT2D eigenvalue weighted by Crippen LogP contribution is -2.04. The predicted octanol–water partition coefficient (Wildman–Crippen LogP) is 3.25. The van der Waals surface area contributed by atoms with Gasteiger partial charge in [0.1, 0.15) is 17.6 Å². The van der Waals surface area contributed by atoms with Crippen LogP contribution < -0.4 is 5.32 Å². The van der Waals surface area contributed by atoms with Crippen molar-refractivity contribution in [3.63, 3.8) is 0 Å². The zero-order valence-corrected chi connectivity index (χ0v) is 9.22. The Kier molecular flexibility index (Phi) is 3.33. The van der Waals surface area contributed by atoms with E-state index in [2.05, 4.69) is 10.3 Å². The summed E-state index contributed by atoms with van der Waals surface area (Å²) in [7, 11) is 0. The second-order valence-corrected chi connectivity index (χ2v) is 3.51. The van der Waals surface area contributed by atoms with E-state index in [1.807, 2.05) is 0 Å². The minimum absolute atomic E-state index is 0.0539. The number of aromatic nitrogens is 1. The summed E-state index contributed by atoms with van der Waals surface area (Å²) in [4.78, 5) is 3.67. The van der Waals surface area contributed by atoms with Gasteiger partial charge in [-0.05, 0) is 12.1 Å². The molecule has 2 aromatic rings. The zero-order valence-electron chi connectivity index (χ0n) is 9.22. The van der Waals surface area contributed by atoms with Crippen molar-refractivity contribution in [2.24, 2.45) is 0 Å². The number of halogens is 4. The van der Waals surface area contributed by atoms with Crippen LogP contribution in [0.25, 0.3) is 0 Å². The maximum Gasteiger partial charge on any atom is 0.185 e. The van der Waals surface area contributed by atoms with Gasteiger partial charge in [-0.25, -0.2) is 22.5 Å². The van der Waals surface area contributed by atoms with Crippen LogP contribution in [0.15, 0.2) is 24.4 Å². The molecule has 1 N–H and O–H groups in total. The number of pyridine rings is 1. The Morgan fingerprint density at radius 3 is 2.16 bits per heavy atom. The Labute approximate surface area is 105 Å². The molecule has 0 aliphatic heterocycles. The number of benzene rings is 1. The van der Waals surface area contributed by atoms with E-state index in [0.717, 1.165) is 6.20 Å². The number of hydrogen-bond donors (Lipinski definition) is 1. The summed E-state index contributed by atoms with van der Waals surface area (Å²) in [6.45, 7) is 0. The zero-order chi connectivity index (χ0) is 14.0. The largest absolute Gasteiger partial charge is 0.335 e. The molecule has 7 heteroatoms. The molecule has 0 bridgehead atoms. The normalized spacial score (nSPS) is 10.1. The first kappa shape index (κ1) is 12.8. The van der Waals surface area contributed by atoms with Gasteiger partial charge in [0.15, 0.2) is 23.3 Å². The number of rotatable bonds is 2. The van der Waals surface area contributed by atoms with Crippen molar-refractivity contribution in [2.45, 2.75) is 0 Å². The molecule has 96 valence electrons. The van der Waals surface area contributed by atoms with Crippen LogP contribution in [0.4, 0.5) is 29.1 Å². The monoisotopic (exact) mass is 267 g/mol. The lowest BCUT2D eigenvalue weighted by molar-refractivity contribution is 0.459. The van der Waals surface area contributed by atoms with Crippen molar-refractivity contribution in [1.82, 2.24) is 4.98 Å². The number of anilines is 2.